The summed E-state index contributed by atoms with van der Waals surface area (Å²) in [6.07, 6.45) is 0.544. The smallest absolute Gasteiger partial charge is 0.283 e. The minimum absolute atomic E-state index is 0.0485. The second-order valence-electron chi connectivity index (χ2n) is 7.35. The van der Waals surface area contributed by atoms with E-state index in [2.05, 4.69) is 9.98 Å². The van der Waals surface area contributed by atoms with Gasteiger partial charge in [-0.25, -0.2) is 9.38 Å². The molecule has 1 fully saturated rings. The van der Waals surface area contributed by atoms with Crippen LogP contribution in [0.3, 0.4) is 0 Å². The summed E-state index contributed by atoms with van der Waals surface area (Å²) in [4.78, 5) is 21.0. The lowest BCUT2D eigenvalue weighted by Crippen LogP contribution is -2.43. The van der Waals surface area contributed by atoms with Gasteiger partial charge in [0, 0.05) is 29.1 Å². The van der Waals surface area contributed by atoms with E-state index in [4.69, 9.17) is 27.3 Å². The molecule has 0 bridgehead atoms. The van der Waals surface area contributed by atoms with Gasteiger partial charge < -0.3 is 10.5 Å². The maximum Gasteiger partial charge on any atom is 0.283 e. The van der Waals surface area contributed by atoms with E-state index < -0.39 is 11.7 Å². The summed E-state index contributed by atoms with van der Waals surface area (Å²) in [7, 11) is 0. The summed E-state index contributed by atoms with van der Waals surface area (Å²) in [6, 6.07) is 10.1. The summed E-state index contributed by atoms with van der Waals surface area (Å²) in [5.41, 5.74) is 6.38. The summed E-state index contributed by atoms with van der Waals surface area (Å²) in [6.45, 7) is 1.44. The molecule has 0 amide bonds. The number of nitrogens with zero attached hydrogens (tertiary/aromatic N) is 3. The molecule has 0 radical (unpaired) electrons. The Morgan fingerprint density at radius 3 is 2.93 bits per heavy atom. The first-order valence-electron chi connectivity index (χ1n) is 9.19. The average Bonchev–Trinajstić information content (AvgIpc) is 3.48. The fraction of sp³-hybridized carbons (Fsp3) is 0.333. The van der Waals surface area contributed by atoms with Crippen LogP contribution in [0.2, 0.25) is 5.02 Å². The number of carbonyl (C=O) groups excluding carboxylic acids is 1. The van der Waals surface area contributed by atoms with Crippen LogP contribution < -0.4 is 5.73 Å². The van der Waals surface area contributed by atoms with E-state index in [0.29, 0.717) is 28.1 Å². The van der Waals surface area contributed by atoms with Crippen molar-refractivity contribution in [3.05, 3.63) is 63.9 Å². The third kappa shape index (κ3) is 3.34. The summed E-state index contributed by atoms with van der Waals surface area (Å²) in [5.74, 6) is -0.372. The first-order chi connectivity index (χ1) is 13.8. The minimum Gasteiger partial charge on any atom is -0.462 e. The molecule has 1 aliphatic carbocycles. The number of carbonyl (C=O) groups is 1. The van der Waals surface area contributed by atoms with Gasteiger partial charge in [0.1, 0.15) is 29.6 Å². The number of nitrogens with two attached hydrogens (primary N) is 1. The Bertz CT molecular complexity index is 1050. The van der Waals surface area contributed by atoms with E-state index in [0.717, 1.165) is 0 Å². The number of nitriles is 1. The lowest BCUT2D eigenvalue weighted by molar-refractivity contribution is 0.0988. The molecule has 1 aromatic carbocycles. The predicted octanol–water partition coefficient (Wildman–Crippen LogP) is 3.32. The number of hydrogen-bond donors (Lipinski definition) is 1. The van der Waals surface area contributed by atoms with Crippen LogP contribution >= 0.6 is 11.6 Å². The molecule has 8 heteroatoms. The lowest BCUT2D eigenvalue weighted by Gasteiger charge is -2.36. The quantitative estimate of drug-likeness (QED) is 0.759. The summed E-state index contributed by atoms with van der Waals surface area (Å²) in [5, 5.41) is 9.22. The van der Waals surface area contributed by atoms with Crippen LogP contribution in [0.5, 0.6) is 0 Å². The van der Waals surface area contributed by atoms with Crippen molar-refractivity contribution in [2.75, 3.05) is 0 Å². The summed E-state index contributed by atoms with van der Waals surface area (Å²) < 4.78 is 20.3. The van der Waals surface area contributed by atoms with Gasteiger partial charge in [-0.05, 0) is 37.1 Å². The number of rotatable bonds is 5. The molecule has 2 N–H and O–H groups in total. The van der Waals surface area contributed by atoms with Gasteiger partial charge in [-0.1, -0.05) is 23.7 Å². The number of halogens is 2. The molecule has 2 aromatic rings. The molecular weight excluding hydrogens is 395 g/mol. The van der Waals surface area contributed by atoms with Gasteiger partial charge in [-0.15, -0.1) is 0 Å². The van der Waals surface area contributed by atoms with Gasteiger partial charge in [0.05, 0.1) is 5.56 Å². The molecule has 2 heterocycles. The van der Waals surface area contributed by atoms with Gasteiger partial charge in [-0.2, -0.15) is 5.26 Å². The first-order valence-corrected chi connectivity index (χ1v) is 9.57. The Kier molecular flexibility index (Phi) is 4.75. The Hall–Kier alpha value is -2.98. The Morgan fingerprint density at radius 1 is 1.48 bits per heavy atom. The molecule has 29 heavy (non-hydrogen) atoms. The van der Waals surface area contributed by atoms with Crippen molar-refractivity contribution < 1.29 is 13.9 Å². The van der Waals surface area contributed by atoms with E-state index in [9.17, 15) is 9.18 Å². The molecule has 1 saturated carbocycles. The standard InChI is InChI=1S/C21H18ClFN4O2/c1-11(23)21(15-8-19(15)29-20(25)27-21)14-6-12(2-4-16(14)22)7-18(28)17-5-3-13(9-24)10-26-17/h2-6,10-11,15,19H,7-8H2,1H3,(H2,25,27)/t11?,15-,19+,21+/m0/s1. The maximum absolute atomic E-state index is 14.9. The number of hydrogen-bond acceptors (Lipinski definition) is 6. The highest BCUT2D eigenvalue weighted by atomic mass is 35.5. The predicted molar refractivity (Wildman–Crippen MR) is 105 cm³/mol. The van der Waals surface area contributed by atoms with Crippen molar-refractivity contribution in [3.8, 4) is 6.07 Å². The van der Waals surface area contributed by atoms with Crippen LogP contribution in [0.15, 0.2) is 41.5 Å². The van der Waals surface area contributed by atoms with Crippen LogP contribution in [-0.4, -0.2) is 29.1 Å². The highest BCUT2D eigenvalue weighted by Gasteiger charge is 2.62. The molecule has 1 unspecified atom stereocenters. The summed E-state index contributed by atoms with van der Waals surface area (Å²) >= 11 is 6.44. The molecule has 4 atom stereocenters. The third-order valence-electron chi connectivity index (χ3n) is 5.48. The Morgan fingerprint density at radius 2 is 2.28 bits per heavy atom. The molecule has 2 aliphatic rings. The molecule has 148 valence electrons. The van der Waals surface area contributed by atoms with Crippen molar-refractivity contribution in [2.24, 2.45) is 16.6 Å². The normalized spacial score (nSPS) is 25.8. The SMILES string of the molecule is CC(F)[C@]1(c2cc(CC(=O)c3ccc(C#N)cn3)ccc2Cl)N=C(N)O[C@@H]2C[C@@H]21. The van der Waals surface area contributed by atoms with Crippen molar-refractivity contribution in [2.45, 2.75) is 37.6 Å². The topological polar surface area (TPSA) is 101 Å². The number of aromatic nitrogens is 1. The Balaban J connectivity index is 1.68. The number of aliphatic imine (C=N–C) groups is 1. The van der Waals surface area contributed by atoms with E-state index in [1.165, 1.54) is 19.2 Å². The monoisotopic (exact) mass is 412 g/mol. The van der Waals surface area contributed by atoms with Crippen LogP contribution in [-0.2, 0) is 16.7 Å². The molecule has 0 spiro atoms. The highest BCUT2D eigenvalue weighted by molar-refractivity contribution is 6.31. The zero-order valence-electron chi connectivity index (χ0n) is 15.6. The Labute approximate surface area is 172 Å². The largest absolute Gasteiger partial charge is 0.462 e. The van der Waals surface area contributed by atoms with Gasteiger partial charge in [0.15, 0.2) is 5.78 Å². The zero-order valence-corrected chi connectivity index (χ0v) is 16.4. The molecule has 1 aromatic heterocycles. The van der Waals surface area contributed by atoms with Gasteiger partial charge >= 0.3 is 0 Å². The van der Waals surface area contributed by atoms with E-state index in [1.54, 1.807) is 24.3 Å². The highest BCUT2D eigenvalue weighted by Crippen LogP contribution is 2.56. The number of ether oxygens (including phenoxy) is 1. The van der Waals surface area contributed by atoms with Crippen LogP contribution in [0.1, 0.15) is 40.5 Å². The number of pyridine rings is 1. The average molecular weight is 413 g/mol. The molecule has 1 aliphatic heterocycles. The third-order valence-corrected chi connectivity index (χ3v) is 5.81. The fourth-order valence-electron chi connectivity index (χ4n) is 3.96. The molecule has 0 saturated heterocycles. The van der Waals surface area contributed by atoms with E-state index >= 15 is 0 Å². The van der Waals surface area contributed by atoms with Crippen molar-refractivity contribution in [1.82, 2.24) is 4.98 Å². The van der Waals surface area contributed by atoms with Crippen LogP contribution in [0.25, 0.3) is 0 Å². The van der Waals surface area contributed by atoms with E-state index in [-0.39, 0.29) is 35.9 Å². The second-order valence-corrected chi connectivity index (χ2v) is 7.76. The number of fused-ring (bicyclic) bond motifs is 1. The first kappa shape index (κ1) is 19.3. The fourth-order valence-corrected chi connectivity index (χ4v) is 4.23. The molecular formula is C21H18ClFN4O2. The number of benzene rings is 1. The van der Waals surface area contributed by atoms with E-state index in [1.807, 2.05) is 6.07 Å². The lowest BCUT2D eigenvalue weighted by atomic mass is 9.80. The number of amidine groups is 1. The van der Waals surface area contributed by atoms with Crippen molar-refractivity contribution >= 4 is 23.4 Å². The number of ketones is 1. The maximum atomic E-state index is 14.9. The number of Topliss-reactive ketones (excluding diaryl/α,β-unsaturated/α-hetero) is 1. The van der Waals surface area contributed by atoms with Gasteiger partial charge in [0.2, 0.25) is 0 Å². The molecule has 4 rings (SSSR count). The minimum atomic E-state index is -1.34. The van der Waals surface area contributed by atoms with Crippen LogP contribution in [0, 0.1) is 17.2 Å². The van der Waals surface area contributed by atoms with Crippen molar-refractivity contribution in [3.63, 3.8) is 0 Å². The second kappa shape index (κ2) is 7.12. The number of alkyl halides is 1. The van der Waals surface area contributed by atoms with Crippen LogP contribution in [0.4, 0.5) is 4.39 Å². The zero-order chi connectivity index (χ0) is 20.8. The molecule has 6 nitrogen and oxygen atoms in total. The van der Waals surface area contributed by atoms with Gasteiger partial charge in [-0.3, -0.25) is 9.78 Å². The van der Waals surface area contributed by atoms with Gasteiger partial charge in [0.25, 0.3) is 6.02 Å². The van der Waals surface area contributed by atoms with Crippen molar-refractivity contribution in [1.29, 1.82) is 5.26 Å².